The van der Waals surface area contributed by atoms with Gasteiger partial charge in [0.05, 0.1) is 5.52 Å². The van der Waals surface area contributed by atoms with Crippen molar-refractivity contribution >= 4 is 22.5 Å². The fourth-order valence-electron chi connectivity index (χ4n) is 4.57. The van der Waals surface area contributed by atoms with Crippen LogP contribution >= 0.6 is 0 Å². The number of anilines is 2. The van der Waals surface area contributed by atoms with Crippen molar-refractivity contribution in [3.8, 4) is 0 Å². The maximum Gasteiger partial charge on any atom is 0.155 e. The zero-order valence-corrected chi connectivity index (χ0v) is 17.3. The quantitative estimate of drug-likeness (QED) is 0.527. The lowest BCUT2D eigenvalue weighted by Gasteiger charge is -2.31. The van der Waals surface area contributed by atoms with Crippen LogP contribution in [0.15, 0.2) is 54.6 Å². The van der Waals surface area contributed by atoms with Gasteiger partial charge >= 0.3 is 0 Å². The molecule has 4 nitrogen and oxygen atoms in total. The Bertz CT molecular complexity index is 1260. The Morgan fingerprint density at radius 2 is 1.83 bits per heavy atom. The number of hydrogen-bond donors (Lipinski definition) is 1. The molecule has 1 aliphatic heterocycles. The van der Waals surface area contributed by atoms with Gasteiger partial charge in [-0.05, 0) is 60.7 Å². The summed E-state index contributed by atoms with van der Waals surface area (Å²) < 4.78 is 16.1. The minimum absolute atomic E-state index is 0.214. The van der Waals surface area contributed by atoms with Crippen LogP contribution in [-0.2, 0) is 19.5 Å². The highest BCUT2D eigenvalue weighted by Crippen LogP contribution is 2.35. The molecule has 0 radical (unpaired) electrons. The molecule has 152 valence electrons. The van der Waals surface area contributed by atoms with Crippen molar-refractivity contribution < 1.29 is 4.39 Å². The summed E-state index contributed by atoms with van der Waals surface area (Å²) in [6.07, 6.45) is 0.983. The van der Waals surface area contributed by atoms with Gasteiger partial charge in [0.25, 0.3) is 0 Å². The van der Waals surface area contributed by atoms with Crippen LogP contribution in [0.3, 0.4) is 0 Å². The highest BCUT2D eigenvalue weighted by molar-refractivity contribution is 5.95. The number of nitrogens with zero attached hydrogens (tertiary/aromatic N) is 3. The summed E-state index contributed by atoms with van der Waals surface area (Å²) in [6, 6.07) is 17.3. The van der Waals surface area contributed by atoms with E-state index in [1.54, 1.807) is 12.1 Å². The molecule has 5 rings (SSSR count). The molecule has 0 bridgehead atoms. The normalized spacial score (nSPS) is 13.6. The zero-order chi connectivity index (χ0) is 20.8. The van der Waals surface area contributed by atoms with Gasteiger partial charge in [0.15, 0.2) is 5.82 Å². The van der Waals surface area contributed by atoms with Gasteiger partial charge in [0, 0.05) is 30.7 Å². The van der Waals surface area contributed by atoms with Crippen molar-refractivity contribution in [1.82, 2.24) is 9.55 Å². The Hall–Kier alpha value is -3.34. The van der Waals surface area contributed by atoms with Crippen LogP contribution < -0.4 is 10.6 Å². The van der Waals surface area contributed by atoms with Crippen LogP contribution in [0.4, 0.5) is 16.0 Å². The molecule has 0 amide bonds. The maximum atomic E-state index is 13.8. The van der Waals surface area contributed by atoms with Gasteiger partial charge in [-0.15, -0.1) is 0 Å². The molecule has 1 aliphatic rings. The SMILES string of the molecule is Cc1c(C)n(Cc2cccc(F)c2)c2c(N3CCc4ccccc4C3)nc(N)cc12. The summed E-state index contributed by atoms with van der Waals surface area (Å²) in [5.41, 5.74) is 13.3. The van der Waals surface area contributed by atoms with Gasteiger partial charge in [-0.3, -0.25) is 0 Å². The van der Waals surface area contributed by atoms with E-state index in [0.717, 1.165) is 47.5 Å². The van der Waals surface area contributed by atoms with E-state index in [0.29, 0.717) is 12.4 Å². The maximum absolute atomic E-state index is 13.8. The molecule has 0 saturated carbocycles. The van der Waals surface area contributed by atoms with E-state index in [2.05, 4.69) is 47.6 Å². The fraction of sp³-hybridized carbons (Fsp3) is 0.240. The number of rotatable bonds is 3. The second-order valence-corrected chi connectivity index (χ2v) is 8.13. The van der Waals surface area contributed by atoms with Gasteiger partial charge in [-0.1, -0.05) is 36.4 Å². The highest BCUT2D eigenvalue weighted by atomic mass is 19.1. The topological polar surface area (TPSA) is 47.1 Å². The number of fused-ring (bicyclic) bond motifs is 2. The minimum Gasteiger partial charge on any atom is -0.384 e. The van der Waals surface area contributed by atoms with E-state index >= 15 is 0 Å². The summed E-state index contributed by atoms with van der Waals surface area (Å²) in [5.74, 6) is 1.23. The first-order chi connectivity index (χ1) is 14.5. The molecule has 3 heterocycles. The van der Waals surface area contributed by atoms with Crippen molar-refractivity contribution in [3.63, 3.8) is 0 Å². The van der Waals surface area contributed by atoms with Crippen LogP contribution in [0.5, 0.6) is 0 Å². The van der Waals surface area contributed by atoms with Crippen LogP contribution in [0.2, 0.25) is 0 Å². The molecule has 30 heavy (non-hydrogen) atoms. The number of nitrogen functional groups attached to an aromatic ring is 1. The molecule has 2 aromatic carbocycles. The van der Waals surface area contributed by atoms with Gasteiger partial charge in [0.1, 0.15) is 11.6 Å². The summed E-state index contributed by atoms with van der Waals surface area (Å²) in [7, 11) is 0. The first kappa shape index (κ1) is 18.7. The average molecular weight is 401 g/mol. The molecule has 0 saturated heterocycles. The highest BCUT2D eigenvalue weighted by Gasteiger charge is 2.23. The third-order valence-corrected chi connectivity index (χ3v) is 6.28. The molecule has 0 spiro atoms. The third kappa shape index (κ3) is 3.11. The van der Waals surface area contributed by atoms with Crippen molar-refractivity contribution in [2.45, 2.75) is 33.4 Å². The lowest BCUT2D eigenvalue weighted by molar-refractivity contribution is 0.623. The van der Waals surface area contributed by atoms with E-state index in [-0.39, 0.29) is 5.82 Å². The summed E-state index contributed by atoms with van der Waals surface area (Å²) in [6.45, 7) is 6.53. The lowest BCUT2D eigenvalue weighted by Crippen LogP contribution is -2.31. The number of benzene rings is 2. The van der Waals surface area contributed by atoms with Crippen LogP contribution in [0.1, 0.15) is 27.9 Å². The molecule has 0 aliphatic carbocycles. The van der Waals surface area contributed by atoms with Crippen molar-refractivity contribution in [3.05, 3.63) is 88.4 Å². The monoisotopic (exact) mass is 400 g/mol. The third-order valence-electron chi connectivity index (χ3n) is 6.28. The average Bonchev–Trinajstić information content (AvgIpc) is 2.98. The van der Waals surface area contributed by atoms with E-state index in [1.165, 1.54) is 22.8 Å². The Morgan fingerprint density at radius 3 is 2.63 bits per heavy atom. The van der Waals surface area contributed by atoms with Crippen LogP contribution in [0.25, 0.3) is 10.9 Å². The second kappa shape index (κ2) is 7.17. The first-order valence-electron chi connectivity index (χ1n) is 10.3. The Labute approximate surface area is 175 Å². The second-order valence-electron chi connectivity index (χ2n) is 8.13. The van der Waals surface area contributed by atoms with Gasteiger partial charge < -0.3 is 15.2 Å². The van der Waals surface area contributed by atoms with Crippen molar-refractivity contribution in [2.75, 3.05) is 17.2 Å². The van der Waals surface area contributed by atoms with Crippen LogP contribution in [-0.4, -0.2) is 16.1 Å². The largest absolute Gasteiger partial charge is 0.384 e. The standard InChI is InChI=1S/C25H25FN4/c1-16-17(2)30(14-18-6-5-9-21(26)12-18)24-22(16)13-23(27)28-25(24)29-11-10-19-7-3-4-8-20(19)15-29/h3-9,12-13H,10-11,14-15H2,1-2H3,(H2,27,28). The smallest absolute Gasteiger partial charge is 0.155 e. The zero-order valence-electron chi connectivity index (χ0n) is 17.3. The number of aromatic nitrogens is 2. The van der Waals surface area contributed by atoms with Crippen LogP contribution in [0, 0.1) is 19.7 Å². The molecule has 2 aromatic heterocycles. The number of nitrogens with two attached hydrogens (primary N) is 1. The first-order valence-corrected chi connectivity index (χ1v) is 10.3. The van der Waals surface area contributed by atoms with Crippen molar-refractivity contribution in [1.29, 1.82) is 0 Å². The lowest BCUT2D eigenvalue weighted by atomic mass is 10.00. The molecule has 0 atom stereocenters. The number of halogens is 1. The predicted molar refractivity (Wildman–Crippen MR) is 120 cm³/mol. The molecule has 5 heteroatoms. The molecule has 0 unspecified atom stereocenters. The van der Waals surface area contributed by atoms with Gasteiger partial charge in [-0.25, -0.2) is 9.37 Å². The Morgan fingerprint density at radius 1 is 1.03 bits per heavy atom. The van der Waals surface area contributed by atoms with Gasteiger partial charge in [0.2, 0.25) is 0 Å². The number of hydrogen-bond acceptors (Lipinski definition) is 3. The number of pyridine rings is 1. The van der Waals surface area contributed by atoms with Gasteiger partial charge in [-0.2, -0.15) is 0 Å². The molecular formula is C25H25FN4. The summed E-state index contributed by atoms with van der Waals surface area (Å²) in [4.78, 5) is 7.10. The van der Waals surface area contributed by atoms with E-state index in [1.807, 2.05) is 12.1 Å². The molecular weight excluding hydrogens is 375 g/mol. The summed E-state index contributed by atoms with van der Waals surface area (Å²) >= 11 is 0. The van der Waals surface area contributed by atoms with Crippen molar-refractivity contribution in [2.24, 2.45) is 0 Å². The van der Waals surface area contributed by atoms with E-state index in [4.69, 9.17) is 10.7 Å². The summed E-state index contributed by atoms with van der Waals surface area (Å²) in [5, 5.41) is 1.12. The van der Waals surface area contributed by atoms with E-state index in [9.17, 15) is 4.39 Å². The fourth-order valence-corrected chi connectivity index (χ4v) is 4.57. The molecule has 0 fully saturated rings. The number of aryl methyl sites for hydroxylation is 1. The Balaban J connectivity index is 1.66. The molecule has 4 aromatic rings. The minimum atomic E-state index is -0.214. The Kier molecular flexibility index (Phi) is 4.46. The predicted octanol–water partition coefficient (Wildman–Crippen LogP) is 4.99. The molecule has 2 N–H and O–H groups in total. The van der Waals surface area contributed by atoms with E-state index < -0.39 is 0 Å².